The first kappa shape index (κ1) is 16.9. The maximum Gasteiger partial charge on any atom is 0.326 e. The van der Waals surface area contributed by atoms with Crippen molar-refractivity contribution in [1.29, 1.82) is 0 Å². The number of hydrogen-bond donors (Lipinski definition) is 3. The Morgan fingerprint density at radius 3 is 2.22 bits per heavy atom. The molecule has 5 heteroatoms. The quantitative estimate of drug-likeness (QED) is 0.644. The van der Waals surface area contributed by atoms with Gasteiger partial charge in [0.2, 0.25) is 5.91 Å². The molecule has 0 radical (unpaired) electrons. The monoisotopic (exact) mass is 258 g/mol. The van der Waals surface area contributed by atoms with Gasteiger partial charge in [-0.05, 0) is 26.7 Å². The van der Waals surface area contributed by atoms with Gasteiger partial charge in [-0.25, -0.2) is 4.79 Å². The number of rotatable bonds is 7. The lowest BCUT2D eigenvalue weighted by Crippen LogP contribution is -2.46. The molecule has 0 aliphatic heterocycles. The molecule has 0 aliphatic rings. The summed E-state index contributed by atoms with van der Waals surface area (Å²) >= 11 is 0. The van der Waals surface area contributed by atoms with Gasteiger partial charge in [-0.3, -0.25) is 4.79 Å². The molecule has 3 N–H and O–H groups in total. The molecule has 0 bridgehead atoms. The van der Waals surface area contributed by atoms with E-state index in [-0.39, 0.29) is 23.8 Å². The fraction of sp³-hybridized carbons (Fsp3) is 0.846. The van der Waals surface area contributed by atoms with E-state index in [1.54, 1.807) is 0 Å². The number of hydrogen-bond acceptors (Lipinski definition) is 3. The normalized spacial score (nSPS) is 14.9. The average molecular weight is 258 g/mol. The third-order valence-electron chi connectivity index (χ3n) is 2.80. The molecule has 0 saturated heterocycles. The zero-order valence-electron chi connectivity index (χ0n) is 12.0. The van der Waals surface area contributed by atoms with Crippen LogP contribution in [-0.2, 0) is 9.59 Å². The van der Waals surface area contributed by atoms with Crippen LogP contribution in [-0.4, -0.2) is 35.1 Å². The second-order valence-electron chi connectivity index (χ2n) is 5.70. The van der Waals surface area contributed by atoms with Crippen molar-refractivity contribution in [2.45, 2.75) is 59.0 Å². The molecule has 0 rings (SSSR count). The summed E-state index contributed by atoms with van der Waals surface area (Å²) in [6.07, 6.45) is 1.01. The van der Waals surface area contributed by atoms with Crippen molar-refractivity contribution in [3.8, 4) is 0 Å². The SMILES string of the molecule is CCC(C)[C@H](NC(=O)CCNC(C)(C)C)C(=O)O. The van der Waals surface area contributed by atoms with E-state index in [9.17, 15) is 9.59 Å². The Bertz CT molecular complexity index is 284. The molecule has 0 aromatic rings. The largest absolute Gasteiger partial charge is 0.480 e. The molecule has 18 heavy (non-hydrogen) atoms. The lowest BCUT2D eigenvalue weighted by molar-refractivity contribution is -0.143. The number of carboxylic acids is 1. The van der Waals surface area contributed by atoms with Gasteiger partial charge in [0.1, 0.15) is 6.04 Å². The minimum Gasteiger partial charge on any atom is -0.480 e. The van der Waals surface area contributed by atoms with E-state index in [2.05, 4.69) is 10.6 Å². The van der Waals surface area contributed by atoms with Crippen molar-refractivity contribution in [1.82, 2.24) is 10.6 Å². The van der Waals surface area contributed by atoms with Gasteiger partial charge in [0.15, 0.2) is 0 Å². The lowest BCUT2D eigenvalue weighted by atomic mass is 9.99. The van der Waals surface area contributed by atoms with Crippen LogP contribution in [0.25, 0.3) is 0 Å². The molecule has 0 aromatic heterocycles. The van der Waals surface area contributed by atoms with Gasteiger partial charge in [-0.15, -0.1) is 0 Å². The van der Waals surface area contributed by atoms with Crippen LogP contribution in [0.5, 0.6) is 0 Å². The molecular formula is C13H26N2O3. The molecule has 1 amide bonds. The molecule has 1 unspecified atom stereocenters. The zero-order chi connectivity index (χ0) is 14.3. The Labute approximate surface area is 109 Å². The number of carbonyl (C=O) groups is 2. The van der Waals surface area contributed by atoms with Gasteiger partial charge in [-0.2, -0.15) is 0 Å². The third-order valence-corrected chi connectivity index (χ3v) is 2.80. The lowest BCUT2D eigenvalue weighted by Gasteiger charge is -2.22. The highest BCUT2D eigenvalue weighted by Crippen LogP contribution is 2.08. The van der Waals surface area contributed by atoms with E-state index in [4.69, 9.17) is 5.11 Å². The molecule has 0 heterocycles. The van der Waals surface area contributed by atoms with E-state index < -0.39 is 12.0 Å². The molecule has 0 fully saturated rings. The number of nitrogens with one attached hydrogen (secondary N) is 2. The standard InChI is InChI=1S/C13H26N2O3/c1-6-9(2)11(12(17)18)15-10(16)7-8-14-13(3,4)5/h9,11,14H,6-8H2,1-5H3,(H,15,16)(H,17,18)/t9?,11-/m0/s1. The van der Waals surface area contributed by atoms with Crippen molar-refractivity contribution in [2.24, 2.45) is 5.92 Å². The number of aliphatic carboxylic acids is 1. The fourth-order valence-electron chi connectivity index (χ4n) is 1.48. The minimum atomic E-state index is -0.971. The predicted octanol–water partition coefficient (Wildman–Crippen LogP) is 1.38. The van der Waals surface area contributed by atoms with Crippen LogP contribution in [0.4, 0.5) is 0 Å². The Balaban J connectivity index is 4.15. The maximum atomic E-state index is 11.6. The zero-order valence-corrected chi connectivity index (χ0v) is 12.0. The summed E-state index contributed by atoms with van der Waals surface area (Å²) in [4.78, 5) is 22.7. The number of carbonyl (C=O) groups excluding carboxylic acids is 1. The van der Waals surface area contributed by atoms with Crippen molar-refractivity contribution >= 4 is 11.9 Å². The molecular weight excluding hydrogens is 232 g/mol. The van der Waals surface area contributed by atoms with Crippen LogP contribution in [0.3, 0.4) is 0 Å². The van der Waals surface area contributed by atoms with Crippen molar-refractivity contribution in [3.05, 3.63) is 0 Å². The van der Waals surface area contributed by atoms with Crippen LogP contribution in [0.1, 0.15) is 47.5 Å². The maximum absolute atomic E-state index is 11.6. The first-order valence-corrected chi connectivity index (χ1v) is 6.44. The van der Waals surface area contributed by atoms with E-state index in [1.807, 2.05) is 34.6 Å². The second-order valence-corrected chi connectivity index (χ2v) is 5.70. The number of amides is 1. The third kappa shape index (κ3) is 7.27. The first-order valence-electron chi connectivity index (χ1n) is 6.44. The minimum absolute atomic E-state index is 0.0385. The highest BCUT2D eigenvalue weighted by atomic mass is 16.4. The molecule has 0 spiro atoms. The Morgan fingerprint density at radius 2 is 1.83 bits per heavy atom. The Kier molecular flexibility index (Phi) is 6.91. The van der Waals surface area contributed by atoms with Crippen LogP contribution in [0.15, 0.2) is 0 Å². The molecule has 0 aromatic carbocycles. The van der Waals surface area contributed by atoms with Gasteiger partial charge < -0.3 is 15.7 Å². The highest BCUT2D eigenvalue weighted by Gasteiger charge is 2.25. The van der Waals surface area contributed by atoms with Crippen molar-refractivity contribution in [2.75, 3.05) is 6.54 Å². The topological polar surface area (TPSA) is 78.4 Å². The van der Waals surface area contributed by atoms with Gasteiger partial charge >= 0.3 is 5.97 Å². The Hall–Kier alpha value is -1.10. The van der Waals surface area contributed by atoms with Gasteiger partial charge in [0.25, 0.3) is 0 Å². The van der Waals surface area contributed by atoms with Gasteiger partial charge in [-0.1, -0.05) is 20.3 Å². The first-order chi connectivity index (χ1) is 8.17. The summed E-state index contributed by atoms with van der Waals surface area (Å²) in [6.45, 7) is 10.3. The summed E-state index contributed by atoms with van der Waals surface area (Å²) in [5.41, 5.74) is -0.0385. The van der Waals surface area contributed by atoms with Crippen LogP contribution in [0, 0.1) is 5.92 Å². The van der Waals surface area contributed by atoms with Gasteiger partial charge in [0, 0.05) is 18.5 Å². The Morgan fingerprint density at radius 1 is 1.28 bits per heavy atom. The van der Waals surface area contributed by atoms with Gasteiger partial charge in [0.05, 0.1) is 0 Å². The molecule has 2 atom stereocenters. The van der Waals surface area contributed by atoms with Crippen molar-refractivity contribution in [3.63, 3.8) is 0 Å². The average Bonchev–Trinajstić information content (AvgIpc) is 2.22. The molecule has 0 aliphatic carbocycles. The second kappa shape index (κ2) is 7.36. The van der Waals surface area contributed by atoms with E-state index in [0.29, 0.717) is 6.54 Å². The van der Waals surface area contributed by atoms with Crippen LogP contribution in [0.2, 0.25) is 0 Å². The molecule has 106 valence electrons. The van der Waals surface area contributed by atoms with Crippen LogP contribution >= 0.6 is 0 Å². The smallest absolute Gasteiger partial charge is 0.326 e. The van der Waals surface area contributed by atoms with E-state index >= 15 is 0 Å². The molecule has 0 saturated carbocycles. The highest BCUT2D eigenvalue weighted by molar-refractivity contribution is 5.83. The summed E-state index contributed by atoms with van der Waals surface area (Å²) in [5.74, 6) is -1.26. The fourth-order valence-corrected chi connectivity index (χ4v) is 1.48. The van der Waals surface area contributed by atoms with Crippen LogP contribution < -0.4 is 10.6 Å². The predicted molar refractivity (Wildman–Crippen MR) is 71.4 cm³/mol. The van der Waals surface area contributed by atoms with E-state index in [1.165, 1.54) is 0 Å². The van der Waals surface area contributed by atoms with Crippen molar-refractivity contribution < 1.29 is 14.7 Å². The summed E-state index contributed by atoms with van der Waals surface area (Å²) in [5, 5.41) is 14.8. The molecule has 5 nitrogen and oxygen atoms in total. The number of carboxylic acid groups (broad SMARTS) is 1. The summed E-state index contributed by atoms with van der Waals surface area (Å²) in [6, 6.07) is -0.794. The summed E-state index contributed by atoms with van der Waals surface area (Å²) in [7, 11) is 0. The van der Waals surface area contributed by atoms with E-state index in [0.717, 1.165) is 6.42 Å². The summed E-state index contributed by atoms with van der Waals surface area (Å²) < 4.78 is 0.